The van der Waals surface area contributed by atoms with E-state index >= 15 is 0 Å². The fourth-order valence-electron chi connectivity index (χ4n) is 3.51. The number of carbonyl (C=O) groups excluding carboxylic acids is 1. The van der Waals surface area contributed by atoms with Gasteiger partial charge in [-0.1, -0.05) is 12.2 Å². The van der Waals surface area contributed by atoms with Gasteiger partial charge in [-0.05, 0) is 6.92 Å². The van der Waals surface area contributed by atoms with Gasteiger partial charge in [0.05, 0.1) is 25.3 Å². The van der Waals surface area contributed by atoms with E-state index in [1.165, 1.54) is 11.5 Å². The van der Waals surface area contributed by atoms with Crippen molar-refractivity contribution in [2.45, 2.75) is 31.1 Å². The van der Waals surface area contributed by atoms with Crippen molar-refractivity contribution in [3.05, 3.63) is 23.3 Å². The maximum absolute atomic E-state index is 11.9. The lowest BCUT2D eigenvalue weighted by Crippen LogP contribution is -2.37. The largest absolute Gasteiger partial charge is 0.494 e. The molecule has 3 aliphatic rings. The molecule has 3 unspecified atom stereocenters. The van der Waals surface area contributed by atoms with Crippen LogP contribution in [0, 0.1) is 5.41 Å². The lowest BCUT2D eigenvalue weighted by molar-refractivity contribution is -0.160. The van der Waals surface area contributed by atoms with Crippen molar-refractivity contribution in [3.63, 3.8) is 0 Å². The van der Waals surface area contributed by atoms with Crippen molar-refractivity contribution in [1.29, 1.82) is 0 Å². The highest BCUT2D eigenvalue weighted by Gasteiger charge is 2.72. The normalized spacial score (nSPS) is 28.8. The van der Waals surface area contributed by atoms with Crippen LogP contribution in [0.25, 0.3) is 0 Å². The van der Waals surface area contributed by atoms with Gasteiger partial charge in [0, 0.05) is 11.5 Å². The molecule has 130 valence electrons. The fraction of sp³-hybridized carbons (Fsp3) is 0.562. The molecule has 8 heteroatoms. The fourth-order valence-corrected chi connectivity index (χ4v) is 3.51. The number of aliphatic hydroxyl groups excluding tert-OH is 2. The summed E-state index contributed by atoms with van der Waals surface area (Å²) < 4.78 is 12.0. The summed E-state index contributed by atoms with van der Waals surface area (Å²) >= 11 is 0. The Kier molecular flexibility index (Phi) is 3.07. The first-order chi connectivity index (χ1) is 11.4. The number of ether oxygens (including phenoxy) is 2. The van der Waals surface area contributed by atoms with Gasteiger partial charge in [-0.25, -0.2) is 0 Å². The van der Waals surface area contributed by atoms with E-state index in [2.05, 4.69) is 0 Å². The van der Waals surface area contributed by atoms with Gasteiger partial charge in [0.15, 0.2) is 11.8 Å². The number of rotatable bonds is 6. The van der Waals surface area contributed by atoms with Crippen LogP contribution in [-0.2, 0) is 20.8 Å². The molecule has 0 radical (unpaired) electrons. The van der Waals surface area contributed by atoms with Gasteiger partial charge in [0.1, 0.15) is 23.7 Å². The van der Waals surface area contributed by atoms with Gasteiger partial charge < -0.3 is 29.9 Å². The Balaban J connectivity index is 1.47. The SMILES string of the molecule is CC(CO)(CO)C(=O)OCCn1c(O)c2c(c1O)C1OC13C=CC23. The zero-order valence-electron chi connectivity index (χ0n) is 13.1. The minimum absolute atomic E-state index is 0.0423. The van der Waals surface area contributed by atoms with Gasteiger partial charge in [0.2, 0.25) is 0 Å². The van der Waals surface area contributed by atoms with E-state index in [1.54, 1.807) is 0 Å². The van der Waals surface area contributed by atoms with Crippen LogP contribution in [0.3, 0.4) is 0 Å². The molecular formula is C16H19NO7. The standard InChI is InChI=1S/C16H19NO7/c1-15(6-18,7-19)14(22)23-5-4-17-12(20)9-8-2-3-16(8)11(24-16)10(9)13(17)21/h2-3,8,11,18-21H,4-7H2,1H3. The quantitative estimate of drug-likeness (QED) is 0.325. The number of hydrogen-bond acceptors (Lipinski definition) is 7. The minimum atomic E-state index is -1.37. The number of epoxide rings is 1. The zero-order chi connectivity index (χ0) is 17.3. The molecule has 3 atom stereocenters. The molecule has 0 saturated carbocycles. The first-order valence-electron chi connectivity index (χ1n) is 7.80. The van der Waals surface area contributed by atoms with Crippen LogP contribution in [0.5, 0.6) is 11.8 Å². The predicted molar refractivity (Wildman–Crippen MR) is 79.4 cm³/mol. The second kappa shape index (κ2) is 4.75. The number of carbonyl (C=O) groups is 1. The van der Waals surface area contributed by atoms with Crippen LogP contribution in [0.1, 0.15) is 30.1 Å². The Labute approximate surface area is 137 Å². The molecule has 2 heterocycles. The zero-order valence-corrected chi connectivity index (χ0v) is 13.1. The highest BCUT2D eigenvalue weighted by molar-refractivity contribution is 5.76. The number of fused-ring (bicyclic) bond motifs is 3. The average Bonchev–Trinajstić information content (AvgIpc) is 3.23. The Morgan fingerprint density at radius 2 is 2.00 bits per heavy atom. The molecule has 4 rings (SSSR count). The van der Waals surface area contributed by atoms with Crippen molar-refractivity contribution in [2.75, 3.05) is 19.8 Å². The van der Waals surface area contributed by atoms with Crippen molar-refractivity contribution in [1.82, 2.24) is 4.57 Å². The van der Waals surface area contributed by atoms with Crippen molar-refractivity contribution < 1.29 is 34.7 Å². The van der Waals surface area contributed by atoms with Crippen LogP contribution in [-0.4, -0.2) is 56.4 Å². The summed E-state index contributed by atoms with van der Waals surface area (Å²) in [7, 11) is 0. The monoisotopic (exact) mass is 337 g/mol. The van der Waals surface area contributed by atoms with Gasteiger partial charge >= 0.3 is 5.97 Å². The van der Waals surface area contributed by atoms with E-state index in [9.17, 15) is 15.0 Å². The summed E-state index contributed by atoms with van der Waals surface area (Å²) in [6, 6.07) is 0. The summed E-state index contributed by atoms with van der Waals surface area (Å²) in [4.78, 5) is 11.9. The number of hydrogen-bond donors (Lipinski definition) is 4. The van der Waals surface area contributed by atoms with E-state index < -0.39 is 24.6 Å². The number of nitrogens with zero attached hydrogens (tertiary/aromatic N) is 1. The molecule has 1 saturated heterocycles. The minimum Gasteiger partial charge on any atom is -0.494 e. The summed E-state index contributed by atoms with van der Waals surface area (Å²) in [6.45, 7) is 0.263. The summed E-state index contributed by atoms with van der Waals surface area (Å²) in [5.41, 5.74) is -0.465. The second-order valence-electron chi connectivity index (χ2n) is 6.83. The Morgan fingerprint density at radius 3 is 2.58 bits per heavy atom. The number of aliphatic hydroxyl groups is 2. The maximum Gasteiger partial charge on any atom is 0.316 e. The summed E-state index contributed by atoms with van der Waals surface area (Å²) in [5, 5.41) is 39.1. The molecule has 1 aliphatic heterocycles. The third kappa shape index (κ3) is 1.70. The van der Waals surface area contributed by atoms with E-state index in [-0.39, 0.29) is 42.5 Å². The Morgan fingerprint density at radius 1 is 1.33 bits per heavy atom. The Bertz CT molecular complexity index is 748. The molecule has 2 aliphatic carbocycles. The lowest BCUT2D eigenvalue weighted by atomic mass is 9.81. The molecule has 0 amide bonds. The molecule has 0 aromatic carbocycles. The molecule has 1 fully saturated rings. The van der Waals surface area contributed by atoms with Crippen molar-refractivity contribution >= 4 is 5.97 Å². The maximum atomic E-state index is 11.9. The van der Waals surface area contributed by atoms with E-state index in [0.29, 0.717) is 11.1 Å². The van der Waals surface area contributed by atoms with Crippen LogP contribution >= 0.6 is 0 Å². The summed E-state index contributed by atoms with van der Waals surface area (Å²) in [6.07, 6.45) is 3.66. The predicted octanol–water partition coefficient (Wildman–Crippen LogP) is -0.0895. The van der Waals surface area contributed by atoms with Crippen LogP contribution in [0.15, 0.2) is 12.2 Å². The molecular weight excluding hydrogens is 318 g/mol. The molecule has 8 nitrogen and oxygen atoms in total. The topological polar surface area (TPSA) is 125 Å². The van der Waals surface area contributed by atoms with Crippen LogP contribution in [0.2, 0.25) is 0 Å². The molecule has 1 aromatic heterocycles. The molecule has 4 N–H and O–H groups in total. The molecule has 1 aromatic rings. The van der Waals surface area contributed by atoms with E-state index in [0.717, 1.165) is 0 Å². The first-order valence-corrected chi connectivity index (χ1v) is 7.80. The highest BCUT2D eigenvalue weighted by Crippen LogP contribution is 2.73. The van der Waals surface area contributed by atoms with Crippen LogP contribution < -0.4 is 0 Å². The molecule has 24 heavy (non-hydrogen) atoms. The third-order valence-corrected chi connectivity index (χ3v) is 5.31. The second-order valence-corrected chi connectivity index (χ2v) is 6.83. The first kappa shape index (κ1) is 15.5. The average molecular weight is 337 g/mol. The van der Waals surface area contributed by atoms with Crippen LogP contribution in [0.4, 0.5) is 0 Å². The van der Waals surface area contributed by atoms with Gasteiger partial charge in [-0.2, -0.15) is 0 Å². The third-order valence-electron chi connectivity index (χ3n) is 5.31. The van der Waals surface area contributed by atoms with E-state index in [1.807, 2.05) is 12.2 Å². The Hall–Kier alpha value is -2.03. The number of esters is 1. The highest BCUT2D eigenvalue weighted by atomic mass is 16.6. The number of aromatic nitrogens is 1. The smallest absolute Gasteiger partial charge is 0.316 e. The van der Waals surface area contributed by atoms with Crippen molar-refractivity contribution in [3.8, 4) is 11.8 Å². The summed E-state index contributed by atoms with van der Waals surface area (Å²) in [5.74, 6) is -0.907. The number of aromatic hydroxyl groups is 2. The van der Waals surface area contributed by atoms with Gasteiger partial charge in [-0.15, -0.1) is 0 Å². The van der Waals surface area contributed by atoms with Gasteiger partial charge in [-0.3, -0.25) is 9.36 Å². The lowest BCUT2D eigenvalue weighted by Gasteiger charge is -2.23. The van der Waals surface area contributed by atoms with Crippen molar-refractivity contribution in [2.24, 2.45) is 5.41 Å². The molecule has 1 spiro atoms. The van der Waals surface area contributed by atoms with E-state index in [4.69, 9.17) is 19.7 Å². The van der Waals surface area contributed by atoms with Gasteiger partial charge in [0.25, 0.3) is 0 Å². The molecule has 0 bridgehead atoms.